The van der Waals surface area contributed by atoms with Crippen molar-refractivity contribution in [3.8, 4) is 0 Å². The molecule has 0 spiro atoms. The highest BCUT2D eigenvalue weighted by Gasteiger charge is 2.13. The lowest BCUT2D eigenvalue weighted by Crippen LogP contribution is -2.41. The van der Waals surface area contributed by atoms with Crippen molar-refractivity contribution in [3.05, 3.63) is 71.2 Å². The first-order chi connectivity index (χ1) is 11.1. The average molecular weight is 311 g/mol. The number of H-pyrrole nitrogens is 1. The Hall–Kier alpha value is -3.15. The molecule has 0 unspecified atom stereocenters. The van der Waals surface area contributed by atoms with Gasteiger partial charge in [0.25, 0.3) is 11.8 Å². The number of aryl methyl sites for hydroxylation is 1. The summed E-state index contributed by atoms with van der Waals surface area (Å²) < 4.78 is 13.5. The number of nitrogens with one attached hydrogen (secondary N) is 3. The maximum Gasteiger partial charge on any atom is 0.271 e. The molecule has 2 aromatic carbocycles. The second kappa shape index (κ2) is 5.92. The first-order valence-corrected chi connectivity index (χ1v) is 6.99. The normalized spacial score (nSPS) is 10.5. The van der Waals surface area contributed by atoms with Crippen molar-refractivity contribution in [2.75, 3.05) is 0 Å². The van der Waals surface area contributed by atoms with Gasteiger partial charge in [-0.15, -0.1) is 0 Å². The molecule has 5 nitrogen and oxygen atoms in total. The summed E-state index contributed by atoms with van der Waals surface area (Å²) in [5.74, 6) is -1.51. The fourth-order valence-electron chi connectivity index (χ4n) is 2.25. The molecule has 0 fully saturated rings. The average Bonchev–Trinajstić information content (AvgIpc) is 2.99. The van der Waals surface area contributed by atoms with E-state index in [1.165, 1.54) is 12.1 Å². The molecule has 3 aromatic rings. The molecule has 0 aliphatic rings. The van der Waals surface area contributed by atoms with E-state index in [2.05, 4.69) is 15.8 Å². The van der Waals surface area contributed by atoms with Crippen LogP contribution in [-0.4, -0.2) is 16.8 Å². The number of amides is 2. The Morgan fingerprint density at radius 2 is 1.78 bits per heavy atom. The van der Waals surface area contributed by atoms with E-state index in [0.717, 1.165) is 17.0 Å². The smallest absolute Gasteiger partial charge is 0.271 e. The molecule has 116 valence electrons. The van der Waals surface area contributed by atoms with Crippen LogP contribution in [0, 0.1) is 12.7 Å². The number of benzene rings is 2. The van der Waals surface area contributed by atoms with Crippen molar-refractivity contribution < 1.29 is 14.0 Å². The molecule has 0 saturated carbocycles. The van der Waals surface area contributed by atoms with Crippen LogP contribution in [0.3, 0.4) is 0 Å². The Balaban J connectivity index is 1.71. The van der Waals surface area contributed by atoms with Crippen molar-refractivity contribution in [2.45, 2.75) is 6.92 Å². The molecular weight excluding hydrogens is 297 g/mol. The Morgan fingerprint density at radius 3 is 2.57 bits per heavy atom. The molecule has 3 N–H and O–H groups in total. The Kier molecular flexibility index (Phi) is 3.80. The maximum atomic E-state index is 13.5. The van der Waals surface area contributed by atoms with E-state index in [0.29, 0.717) is 11.1 Å². The number of halogens is 1. The zero-order valence-corrected chi connectivity index (χ0v) is 12.3. The molecule has 0 atom stereocenters. The number of rotatable bonds is 2. The van der Waals surface area contributed by atoms with Gasteiger partial charge in [0, 0.05) is 22.7 Å². The number of aromatic nitrogens is 1. The first kappa shape index (κ1) is 14.8. The largest absolute Gasteiger partial charge is 0.360 e. The topological polar surface area (TPSA) is 74.0 Å². The molecule has 3 rings (SSSR count). The SMILES string of the molecule is Cc1ccc(C(=O)NNC(=O)c2c[nH]c3ccccc23)cc1F. The van der Waals surface area contributed by atoms with Gasteiger partial charge >= 0.3 is 0 Å². The van der Waals surface area contributed by atoms with Gasteiger partial charge < -0.3 is 4.98 Å². The van der Waals surface area contributed by atoms with Gasteiger partial charge in [-0.25, -0.2) is 4.39 Å². The van der Waals surface area contributed by atoms with Crippen molar-refractivity contribution in [1.82, 2.24) is 15.8 Å². The number of hydrogen-bond acceptors (Lipinski definition) is 2. The summed E-state index contributed by atoms with van der Waals surface area (Å²) in [7, 11) is 0. The van der Waals surface area contributed by atoms with Gasteiger partial charge in [0.05, 0.1) is 5.56 Å². The number of carbonyl (C=O) groups is 2. The highest BCUT2D eigenvalue weighted by atomic mass is 19.1. The van der Waals surface area contributed by atoms with Crippen LogP contribution in [-0.2, 0) is 0 Å². The fourth-order valence-corrected chi connectivity index (χ4v) is 2.25. The zero-order chi connectivity index (χ0) is 16.4. The van der Waals surface area contributed by atoms with Crippen molar-refractivity contribution in [1.29, 1.82) is 0 Å². The number of carbonyl (C=O) groups excluding carboxylic acids is 2. The molecule has 2 amide bonds. The summed E-state index contributed by atoms with van der Waals surface area (Å²) in [5, 5.41) is 0.751. The Morgan fingerprint density at radius 1 is 1.04 bits per heavy atom. The summed E-state index contributed by atoms with van der Waals surface area (Å²) in [5.41, 5.74) is 6.42. The third-order valence-corrected chi connectivity index (χ3v) is 3.56. The molecule has 0 radical (unpaired) electrons. The van der Waals surface area contributed by atoms with E-state index in [9.17, 15) is 14.0 Å². The molecule has 6 heteroatoms. The molecule has 0 aliphatic heterocycles. The van der Waals surface area contributed by atoms with Crippen molar-refractivity contribution >= 4 is 22.7 Å². The molecule has 0 saturated heterocycles. The summed E-state index contributed by atoms with van der Waals surface area (Å²) in [6.07, 6.45) is 1.57. The fraction of sp³-hybridized carbons (Fsp3) is 0.0588. The molecule has 0 bridgehead atoms. The van der Waals surface area contributed by atoms with E-state index in [4.69, 9.17) is 0 Å². The van der Waals surface area contributed by atoms with Gasteiger partial charge in [-0.05, 0) is 30.7 Å². The Bertz CT molecular complexity index is 902. The van der Waals surface area contributed by atoms with Crippen LogP contribution in [0.2, 0.25) is 0 Å². The number of fused-ring (bicyclic) bond motifs is 1. The van der Waals surface area contributed by atoms with Gasteiger partial charge in [-0.2, -0.15) is 0 Å². The van der Waals surface area contributed by atoms with Crippen LogP contribution in [0.4, 0.5) is 4.39 Å². The molecule has 1 aromatic heterocycles. The lowest BCUT2D eigenvalue weighted by molar-refractivity contribution is 0.0847. The monoisotopic (exact) mass is 311 g/mol. The summed E-state index contributed by atoms with van der Waals surface area (Å²) >= 11 is 0. The van der Waals surface area contributed by atoms with E-state index >= 15 is 0 Å². The number of hydrazine groups is 1. The van der Waals surface area contributed by atoms with Gasteiger partial charge in [0.15, 0.2) is 0 Å². The van der Waals surface area contributed by atoms with Crippen LogP contribution in [0.15, 0.2) is 48.7 Å². The van der Waals surface area contributed by atoms with E-state index in [1.54, 1.807) is 19.2 Å². The van der Waals surface area contributed by atoms with Crippen molar-refractivity contribution in [2.24, 2.45) is 0 Å². The quantitative estimate of drug-likeness (QED) is 0.637. The van der Waals surface area contributed by atoms with Crippen LogP contribution in [0.1, 0.15) is 26.3 Å². The van der Waals surface area contributed by atoms with Crippen LogP contribution in [0.25, 0.3) is 10.9 Å². The molecule has 1 heterocycles. The Labute approximate surface area is 131 Å². The van der Waals surface area contributed by atoms with Crippen LogP contribution < -0.4 is 10.9 Å². The van der Waals surface area contributed by atoms with E-state index in [-0.39, 0.29) is 5.56 Å². The zero-order valence-electron chi connectivity index (χ0n) is 12.3. The van der Waals surface area contributed by atoms with Gasteiger partial charge in [0.2, 0.25) is 0 Å². The maximum absolute atomic E-state index is 13.5. The summed E-state index contributed by atoms with van der Waals surface area (Å²) in [6, 6.07) is 11.5. The molecule has 0 aliphatic carbocycles. The van der Waals surface area contributed by atoms with E-state index < -0.39 is 17.6 Å². The van der Waals surface area contributed by atoms with Crippen LogP contribution >= 0.6 is 0 Å². The van der Waals surface area contributed by atoms with Gasteiger partial charge in [-0.3, -0.25) is 20.4 Å². The standard InChI is InChI=1S/C17H14FN3O2/c1-10-6-7-11(8-14(10)18)16(22)20-21-17(23)13-9-19-15-5-3-2-4-12(13)15/h2-9,19H,1H3,(H,20,22)(H,21,23). The number of hydrogen-bond donors (Lipinski definition) is 3. The molecular formula is C17H14FN3O2. The van der Waals surface area contributed by atoms with E-state index in [1.807, 2.05) is 18.2 Å². The highest BCUT2D eigenvalue weighted by Crippen LogP contribution is 2.17. The highest BCUT2D eigenvalue weighted by molar-refractivity contribution is 6.07. The van der Waals surface area contributed by atoms with Crippen molar-refractivity contribution in [3.63, 3.8) is 0 Å². The lowest BCUT2D eigenvalue weighted by atomic mass is 10.1. The summed E-state index contributed by atoms with van der Waals surface area (Å²) in [6.45, 7) is 1.61. The second-order valence-corrected chi connectivity index (χ2v) is 5.12. The molecule has 23 heavy (non-hydrogen) atoms. The van der Waals surface area contributed by atoms with Gasteiger partial charge in [0.1, 0.15) is 5.82 Å². The predicted molar refractivity (Wildman–Crippen MR) is 84.4 cm³/mol. The minimum absolute atomic E-state index is 0.132. The second-order valence-electron chi connectivity index (χ2n) is 5.12. The third-order valence-electron chi connectivity index (χ3n) is 3.56. The predicted octanol–water partition coefficient (Wildman–Crippen LogP) is 2.69. The van der Waals surface area contributed by atoms with Crippen LogP contribution in [0.5, 0.6) is 0 Å². The number of para-hydroxylation sites is 1. The first-order valence-electron chi connectivity index (χ1n) is 6.99. The third kappa shape index (κ3) is 2.91. The number of aromatic amines is 1. The van der Waals surface area contributed by atoms with Gasteiger partial charge in [-0.1, -0.05) is 24.3 Å². The minimum Gasteiger partial charge on any atom is -0.360 e. The lowest BCUT2D eigenvalue weighted by Gasteiger charge is -2.07. The summed E-state index contributed by atoms with van der Waals surface area (Å²) in [4.78, 5) is 27.1. The minimum atomic E-state index is -0.586.